The van der Waals surface area contributed by atoms with Crippen molar-refractivity contribution in [1.29, 1.82) is 0 Å². The first-order valence-electron chi connectivity index (χ1n) is 10.2. The van der Waals surface area contributed by atoms with E-state index >= 15 is 0 Å². The first kappa shape index (κ1) is 22.4. The minimum absolute atomic E-state index is 0.0744. The molecule has 3 aromatic rings. The molecule has 3 aromatic carbocycles. The molecule has 2 amide bonds. The van der Waals surface area contributed by atoms with Crippen molar-refractivity contribution in [1.82, 2.24) is 0 Å². The van der Waals surface area contributed by atoms with Crippen LogP contribution in [0.15, 0.2) is 83.8 Å². The van der Waals surface area contributed by atoms with Crippen LogP contribution in [0.2, 0.25) is 0 Å². The summed E-state index contributed by atoms with van der Waals surface area (Å²) in [5.41, 5.74) is 2.40. The van der Waals surface area contributed by atoms with E-state index in [9.17, 15) is 9.59 Å². The summed E-state index contributed by atoms with van der Waals surface area (Å²) in [7, 11) is 0. The Morgan fingerprint density at radius 1 is 0.903 bits per heavy atom. The molecule has 0 radical (unpaired) electrons. The normalized spacial score (nSPS) is 11.4. The van der Waals surface area contributed by atoms with Crippen LogP contribution in [0.5, 0.6) is 5.75 Å². The maximum Gasteiger partial charge on any atom is 0.237 e. The molecule has 3 rings (SSSR count). The predicted octanol–water partition coefficient (Wildman–Crippen LogP) is 5.39. The summed E-state index contributed by atoms with van der Waals surface area (Å²) in [6.07, 6.45) is 0.319. The van der Waals surface area contributed by atoms with E-state index in [4.69, 9.17) is 4.74 Å². The minimum atomic E-state index is -0.304. The van der Waals surface area contributed by atoms with E-state index in [0.717, 1.165) is 21.9 Å². The molecular weight excluding hydrogens is 408 g/mol. The third kappa shape index (κ3) is 7.19. The van der Waals surface area contributed by atoms with Crippen molar-refractivity contribution in [2.45, 2.75) is 30.4 Å². The van der Waals surface area contributed by atoms with Gasteiger partial charge in [0.1, 0.15) is 5.75 Å². The molecule has 0 aliphatic heterocycles. The van der Waals surface area contributed by atoms with Crippen LogP contribution in [0.4, 0.5) is 11.4 Å². The molecular formula is C25H26N2O3S. The fourth-order valence-electron chi connectivity index (χ4n) is 2.94. The maximum absolute atomic E-state index is 12.6. The number of thioether (sulfide) groups is 1. The Morgan fingerprint density at radius 2 is 1.65 bits per heavy atom. The Hall–Kier alpha value is -3.25. The van der Waals surface area contributed by atoms with E-state index in [1.54, 1.807) is 0 Å². The van der Waals surface area contributed by atoms with Gasteiger partial charge in [0.2, 0.25) is 11.8 Å². The number of hydrogen-bond donors (Lipinski definition) is 2. The van der Waals surface area contributed by atoms with Crippen molar-refractivity contribution in [2.75, 3.05) is 17.2 Å². The molecule has 0 aliphatic carbocycles. The van der Waals surface area contributed by atoms with Crippen molar-refractivity contribution in [3.05, 3.63) is 84.4 Å². The highest BCUT2D eigenvalue weighted by Crippen LogP contribution is 2.27. The van der Waals surface area contributed by atoms with E-state index in [1.807, 2.05) is 92.7 Å². The van der Waals surface area contributed by atoms with Crippen molar-refractivity contribution < 1.29 is 14.3 Å². The number of amides is 2. The van der Waals surface area contributed by atoms with Gasteiger partial charge >= 0.3 is 0 Å². The van der Waals surface area contributed by atoms with E-state index < -0.39 is 0 Å². The number of benzene rings is 3. The number of rotatable bonds is 9. The number of carbonyl (C=O) groups excluding carboxylic acids is 2. The Labute approximate surface area is 187 Å². The van der Waals surface area contributed by atoms with Gasteiger partial charge in [0, 0.05) is 16.3 Å². The van der Waals surface area contributed by atoms with Crippen LogP contribution in [-0.2, 0) is 16.0 Å². The summed E-state index contributed by atoms with van der Waals surface area (Å²) < 4.78 is 5.42. The second-order valence-electron chi connectivity index (χ2n) is 6.95. The Balaban J connectivity index is 1.54. The van der Waals surface area contributed by atoms with Gasteiger partial charge in [-0.2, -0.15) is 0 Å². The SMILES string of the molecule is CCOc1ccc(NC(=O)C(C)Sc2cccc(NC(=O)Cc3ccccc3)c2)cc1. The zero-order valence-electron chi connectivity index (χ0n) is 17.6. The number of anilines is 2. The molecule has 5 nitrogen and oxygen atoms in total. The van der Waals surface area contributed by atoms with Crippen LogP contribution >= 0.6 is 11.8 Å². The van der Waals surface area contributed by atoms with Gasteiger partial charge in [-0.25, -0.2) is 0 Å². The Bertz CT molecular complexity index is 1010. The fraction of sp³-hybridized carbons (Fsp3) is 0.200. The fourth-order valence-corrected chi connectivity index (χ4v) is 3.86. The molecule has 0 aliphatic rings. The van der Waals surface area contributed by atoms with Crippen molar-refractivity contribution >= 4 is 35.0 Å². The van der Waals surface area contributed by atoms with E-state index in [2.05, 4.69) is 10.6 Å². The summed E-state index contributed by atoms with van der Waals surface area (Å²) in [5, 5.41) is 5.54. The Morgan fingerprint density at radius 3 is 2.35 bits per heavy atom. The number of ether oxygens (including phenoxy) is 1. The van der Waals surface area contributed by atoms with Crippen LogP contribution in [0.1, 0.15) is 19.4 Å². The van der Waals surface area contributed by atoms with Gasteiger partial charge < -0.3 is 15.4 Å². The standard InChI is InChI=1S/C25H26N2O3S/c1-3-30-22-14-12-20(13-15-22)27-25(29)18(2)31-23-11-7-10-21(17-23)26-24(28)16-19-8-5-4-6-9-19/h4-15,17-18H,3,16H2,1-2H3,(H,26,28)(H,27,29). The highest BCUT2D eigenvalue weighted by atomic mass is 32.2. The zero-order valence-corrected chi connectivity index (χ0v) is 18.4. The van der Waals surface area contributed by atoms with Gasteiger partial charge in [0.05, 0.1) is 18.3 Å². The van der Waals surface area contributed by atoms with Gasteiger partial charge in [-0.15, -0.1) is 11.8 Å². The lowest BCUT2D eigenvalue weighted by molar-refractivity contribution is -0.116. The summed E-state index contributed by atoms with van der Waals surface area (Å²) in [4.78, 5) is 25.8. The smallest absolute Gasteiger partial charge is 0.237 e. The van der Waals surface area contributed by atoms with Crippen molar-refractivity contribution in [3.8, 4) is 5.75 Å². The van der Waals surface area contributed by atoms with Gasteiger partial charge in [-0.1, -0.05) is 36.4 Å². The van der Waals surface area contributed by atoms with Crippen LogP contribution in [0.25, 0.3) is 0 Å². The van der Waals surface area contributed by atoms with Gasteiger partial charge in [-0.05, 0) is 61.9 Å². The average molecular weight is 435 g/mol. The molecule has 0 saturated carbocycles. The molecule has 0 bridgehead atoms. The molecule has 1 unspecified atom stereocenters. The Kier molecular flexibility index (Phi) is 8.12. The van der Waals surface area contributed by atoms with E-state index in [1.165, 1.54) is 11.8 Å². The zero-order chi connectivity index (χ0) is 22.1. The lowest BCUT2D eigenvalue weighted by Gasteiger charge is -2.13. The number of nitrogens with one attached hydrogen (secondary N) is 2. The lowest BCUT2D eigenvalue weighted by Crippen LogP contribution is -2.22. The van der Waals surface area contributed by atoms with Crippen molar-refractivity contribution in [3.63, 3.8) is 0 Å². The third-order valence-electron chi connectivity index (χ3n) is 4.44. The molecule has 0 fully saturated rings. The summed E-state index contributed by atoms with van der Waals surface area (Å²) in [6, 6.07) is 24.5. The maximum atomic E-state index is 12.6. The molecule has 1 atom stereocenters. The highest BCUT2D eigenvalue weighted by Gasteiger charge is 2.15. The third-order valence-corrected chi connectivity index (χ3v) is 5.53. The molecule has 6 heteroatoms. The minimum Gasteiger partial charge on any atom is -0.494 e. The van der Waals surface area contributed by atoms with Crippen LogP contribution < -0.4 is 15.4 Å². The topological polar surface area (TPSA) is 67.4 Å². The van der Waals surface area contributed by atoms with Crippen LogP contribution in [0.3, 0.4) is 0 Å². The molecule has 0 saturated heterocycles. The van der Waals surface area contributed by atoms with Crippen molar-refractivity contribution in [2.24, 2.45) is 0 Å². The van der Waals surface area contributed by atoms with Gasteiger partial charge in [0.15, 0.2) is 0 Å². The average Bonchev–Trinajstić information content (AvgIpc) is 2.76. The number of hydrogen-bond acceptors (Lipinski definition) is 4. The predicted molar refractivity (Wildman–Crippen MR) is 127 cm³/mol. The first-order chi connectivity index (χ1) is 15.0. The summed E-state index contributed by atoms with van der Waals surface area (Å²) >= 11 is 1.44. The molecule has 0 heterocycles. The second-order valence-corrected chi connectivity index (χ2v) is 8.36. The largest absolute Gasteiger partial charge is 0.494 e. The van der Waals surface area contributed by atoms with Crippen LogP contribution in [0, 0.1) is 0 Å². The van der Waals surface area contributed by atoms with Crippen LogP contribution in [-0.4, -0.2) is 23.7 Å². The van der Waals surface area contributed by atoms with Gasteiger partial charge in [0.25, 0.3) is 0 Å². The molecule has 2 N–H and O–H groups in total. The quantitative estimate of drug-likeness (QED) is 0.443. The monoisotopic (exact) mass is 434 g/mol. The number of carbonyl (C=O) groups is 2. The summed E-state index contributed by atoms with van der Waals surface area (Å²) in [5.74, 6) is 0.608. The van der Waals surface area contributed by atoms with Gasteiger partial charge in [-0.3, -0.25) is 9.59 Å². The molecule has 0 spiro atoms. The van der Waals surface area contributed by atoms with E-state index in [-0.39, 0.29) is 17.1 Å². The highest BCUT2D eigenvalue weighted by molar-refractivity contribution is 8.00. The first-order valence-corrected chi connectivity index (χ1v) is 11.1. The molecule has 160 valence electrons. The second kappa shape index (κ2) is 11.2. The summed E-state index contributed by atoms with van der Waals surface area (Å²) in [6.45, 7) is 4.39. The molecule has 0 aromatic heterocycles. The lowest BCUT2D eigenvalue weighted by atomic mass is 10.1. The molecule has 31 heavy (non-hydrogen) atoms. The van der Waals surface area contributed by atoms with E-state index in [0.29, 0.717) is 18.7 Å².